The number of amides is 1. The smallest absolute Gasteiger partial charge is 0.236 e. The topological polar surface area (TPSA) is 49.6 Å². The number of halogens is 1. The van der Waals surface area contributed by atoms with E-state index in [4.69, 9.17) is 5.73 Å². The molecule has 0 radical (unpaired) electrons. The molecule has 0 aromatic heterocycles. The summed E-state index contributed by atoms with van der Waals surface area (Å²) in [6.07, 6.45) is 0. The van der Waals surface area contributed by atoms with Gasteiger partial charge in [-0.15, -0.1) is 12.4 Å². The van der Waals surface area contributed by atoms with Crippen LogP contribution >= 0.6 is 12.4 Å². The quantitative estimate of drug-likeness (QED) is 0.867. The van der Waals surface area contributed by atoms with E-state index in [1.807, 2.05) is 23.1 Å². The predicted molar refractivity (Wildman–Crippen MR) is 74.7 cm³/mol. The maximum absolute atomic E-state index is 11.8. The van der Waals surface area contributed by atoms with Crippen molar-refractivity contribution in [3.8, 4) is 0 Å². The lowest BCUT2D eigenvalue weighted by atomic mass is 10.0. The van der Waals surface area contributed by atoms with E-state index in [2.05, 4.69) is 24.1 Å². The van der Waals surface area contributed by atoms with Gasteiger partial charge in [-0.25, -0.2) is 0 Å². The minimum Gasteiger partial charge on any atom is -0.332 e. The average Bonchev–Trinajstić information content (AvgIpc) is 2.39. The lowest BCUT2D eigenvalue weighted by Gasteiger charge is -2.40. The number of carbonyl (C=O) groups is 1. The predicted octanol–water partition coefficient (Wildman–Crippen LogP) is 0.882. The summed E-state index contributed by atoms with van der Waals surface area (Å²) >= 11 is 0. The van der Waals surface area contributed by atoms with Crippen molar-refractivity contribution in [3.05, 3.63) is 35.9 Å². The highest BCUT2D eigenvalue weighted by Gasteiger charge is 2.29. The van der Waals surface area contributed by atoms with E-state index >= 15 is 0 Å². The van der Waals surface area contributed by atoms with Crippen LogP contribution in [-0.4, -0.2) is 48.9 Å². The lowest BCUT2D eigenvalue weighted by molar-refractivity contribution is -0.134. The van der Waals surface area contributed by atoms with Crippen LogP contribution < -0.4 is 5.73 Å². The van der Waals surface area contributed by atoms with Crippen molar-refractivity contribution in [2.45, 2.75) is 6.04 Å². The van der Waals surface area contributed by atoms with Crippen LogP contribution in [0, 0.1) is 0 Å². The standard InChI is InChI=1S/C13H19N3O.ClH/c1-15-7-8-16(13(17)9-14)12(10-15)11-5-3-2-4-6-11;/h2-6,12H,7-10,14H2,1H3;1H. The van der Waals surface area contributed by atoms with Gasteiger partial charge in [-0.05, 0) is 12.6 Å². The van der Waals surface area contributed by atoms with E-state index in [1.165, 1.54) is 5.56 Å². The molecule has 1 aromatic rings. The van der Waals surface area contributed by atoms with Crippen molar-refractivity contribution in [1.29, 1.82) is 0 Å². The number of rotatable bonds is 2. The van der Waals surface area contributed by atoms with Crippen molar-refractivity contribution in [2.75, 3.05) is 33.2 Å². The van der Waals surface area contributed by atoms with Gasteiger partial charge in [-0.3, -0.25) is 4.79 Å². The van der Waals surface area contributed by atoms with Crippen LogP contribution in [-0.2, 0) is 4.79 Å². The van der Waals surface area contributed by atoms with E-state index in [0.29, 0.717) is 0 Å². The van der Waals surface area contributed by atoms with Crippen LogP contribution in [0.2, 0.25) is 0 Å². The summed E-state index contributed by atoms with van der Waals surface area (Å²) in [5.74, 6) is 0.0342. The second-order valence-corrected chi connectivity index (χ2v) is 4.48. The van der Waals surface area contributed by atoms with Crippen LogP contribution in [0.25, 0.3) is 0 Å². The number of nitrogens with two attached hydrogens (primary N) is 1. The molecule has 1 amide bonds. The van der Waals surface area contributed by atoms with Crippen LogP contribution in [0.4, 0.5) is 0 Å². The highest BCUT2D eigenvalue weighted by atomic mass is 35.5. The molecule has 5 heteroatoms. The van der Waals surface area contributed by atoms with Crippen molar-refractivity contribution >= 4 is 18.3 Å². The SMILES string of the molecule is CN1CCN(C(=O)CN)C(c2ccccc2)C1.Cl. The van der Waals surface area contributed by atoms with Gasteiger partial charge in [0.15, 0.2) is 0 Å². The summed E-state index contributed by atoms with van der Waals surface area (Å²) in [4.78, 5) is 16.0. The highest BCUT2D eigenvalue weighted by molar-refractivity contribution is 5.85. The summed E-state index contributed by atoms with van der Waals surface area (Å²) in [5.41, 5.74) is 6.65. The first kappa shape index (κ1) is 15.0. The Morgan fingerprint density at radius 3 is 2.61 bits per heavy atom. The molecule has 0 aliphatic carbocycles. The van der Waals surface area contributed by atoms with Crippen LogP contribution in [0.3, 0.4) is 0 Å². The third-order valence-corrected chi connectivity index (χ3v) is 3.26. The van der Waals surface area contributed by atoms with Crippen molar-refractivity contribution in [3.63, 3.8) is 0 Å². The van der Waals surface area contributed by atoms with E-state index < -0.39 is 0 Å². The number of benzene rings is 1. The third kappa shape index (κ3) is 3.22. The fourth-order valence-corrected chi connectivity index (χ4v) is 2.30. The molecule has 2 rings (SSSR count). The molecule has 4 nitrogen and oxygen atoms in total. The average molecular weight is 270 g/mol. The Kier molecular flexibility index (Phi) is 5.59. The van der Waals surface area contributed by atoms with Gasteiger partial charge in [0.1, 0.15) is 0 Å². The maximum atomic E-state index is 11.8. The molecule has 18 heavy (non-hydrogen) atoms. The maximum Gasteiger partial charge on any atom is 0.236 e. The molecule has 1 saturated heterocycles. The second-order valence-electron chi connectivity index (χ2n) is 4.48. The zero-order valence-electron chi connectivity index (χ0n) is 10.6. The van der Waals surface area contributed by atoms with Crippen molar-refractivity contribution < 1.29 is 4.79 Å². The monoisotopic (exact) mass is 269 g/mol. The van der Waals surface area contributed by atoms with Gasteiger partial charge in [0, 0.05) is 19.6 Å². The van der Waals surface area contributed by atoms with Gasteiger partial charge in [0.05, 0.1) is 12.6 Å². The summed E-state index contributed by atoms with van der Waals surface area (Å²) in [6.45, 7) is 2.63. The molecule has 0 bridgehead atoms. The third-order valence-electron chi connectivity index (χ3n) is 3.26. The summed E-state index contributed by atoms with van der Waals surface area (Å²) in [6, 6.07) is 10.3. The Morgan fingerprint density at radius 1 is 1.33 bits per heavy atom. The Balaban J connectivity index is 0.00000162. The second kappa shape index (κ2) is 6.73. The molecule has 2 N–H and O–H groups in total. The molecular weight excluding hydrogens is 250 g/mol. The molecule has 1 aromatic carbocycles. The Bertz CT molecular complexity index is 385. The van der Waals surface area contributed by atoms with Crippen LogP contribution in [0.15, 0.2) is 30.3 Å². The van der Waals surface area contributed by atoms with Gasteiger partial charge >= 0.3 is 0 Å². The molecule has 1 heterocycles. The van der Waals surface area contributed by atoms with Crippen molar-refractivity contribution in [1.82, 2.24) is 9.80 Å². The fourth-order valence-electron chi connectivity index (χ4n) is 2.30. The number of carbonyl (C=O) groups excluding carboxylic acids is 1. The molecule has 1 unspecified atom stereocenters. The first-order valence-corrected chi connectivity index (χ1v) is 5.95. The van der Waals surface area contributed by atoms with E-state index in [1.54, 1.807) is 0 Å². The van der Waals surface area contributed by atoms with Crippen molar-refractivity contribution in [2.24, 2.45) is 5.73 Å². The number of likely N-dealkylation sites (N-methyl/N-ethyl adjacent to an activating group) is 1. The molecule has 1 fully saturated rings. The van der Waals surface area contributed by atoms with Crippen LogP contribution in [0.1, 0.15) is 11.6 Å². The van der Waals surface area contributed by atoms with Gasteiger partial charge in [-0.2, -0.15) is 0 Å². The molecule has 1 aliphatic heterocycles. The normalized spacial score (nSPS) is 20.3. The zero-order chi connectivity index (χ0) is 12.3. The Labute approximate surface area is 114 Å². The van der Waals surface area contributed by atoms with Crippen LogP contribution in [0.5, 0.6) is 0 Å². The molecule has 100 valence electrons. The Hall–Kier alpha value is -1.10. The minimum absolute atomic E-state index is 0. The molecule has 0 spiro atoms. The molecule has 0 saturated carbocycles. The van der Waals surface area contributed by atoms with E-state index in [0.717, 1.165) is 19.6 Å². The van der Waals surface area contributed by atoms with E-state index in [9.17, 15) is 4.79 Å². The highest BCUT2D eigenvalue weighted by Crippen LogP contribution is 2.24. The zero-order valence-corrected chi connectivity index (χ0v) is 11.4. The number of hydrogen-bond donors (Lipinski definition) is 1. The fraction of sp³-hybridized carbons (Fsp3) is 0.462. The van der Waals surface area contributed by atoms with Gasteiger partial charge in [-0.1, -0.05) is 30.3 Å². The molecule has 1 atom stereocenters. The first-order chi connectivity index (χ1) is 8.22. The Morgan fingerprint density at radius 2 is 2.00 bits per heavy atom. The summed E-state index contributed by atoms with van der Waals surface area (Å²) in [5, 5.41) is 0. The number of piperazine rings is 1. The largest absolute Gasteiger partial charge is 0.332 e. The summed E-state index contributed by atoms with van der Waals surface area (Å²) < 4.78 is 0. The van der Waals surface area contributed by atoms with Gasteiger partial charge in [0.25, 0.3) is 0 Å². The lowest BCUT2D eigenvalue weighted by Crippen LogP contribution is -2.50. The van der Waals surface area contributed by atoms with E-state index in [-0.39, 0.29) is 30.9 Å². The number of hydrogen-bond acceptors (Lipinski definition) is 3. The van der Waals surface area contributed by atoms with Gasteiger partial charge < -0.3 is 15.5 Å². The molecular formula is C13H20ClN3O. The van der Waals surface area contributed by atoms with Gasteiger partial charge in [0.2, 0.25) is 5.91 Å². The first-order valence-electron chi connectivity index (χ1n) is 5.95. The summed E-state index contributed by atoms with van der Waals surface area (Å²) in [7, 11) is 2.08. The number of nitrogens with zero attached hydrogens (tertiary/aromatic N) is 2. The minimum atomic E-state index is 0. The molecule has 1 aliphatic rings.